The minimum absolute atomic E-state index is 0.167. The van der Waals surface area contributed by atoms with Crippen molar-refractivity contribution in [1.29, 1.82) is 0 Å². The van der Waals surface area contributed by atoms with Crippen LogP contribution in [0.25, 0.3) is 17.2 Å². The van der Waals surface area contributed by atoms with Gasteiger partial charge in [0, 0.05) is 43.9 Å². The van der Waals surface area contributed by atoms with Crippen molar-refractivity contribution in [3.8, 4) is 0 Å². The number of fused-ring (bicyclic) bond motifs is 1. The summed E-state index contributed by atoms with van der Waals surface area (Å²) in [5, 5.41) is 0. The van der Waals surface area contributed by atoms with Gasteiger partial charge in [0.25, 0.3) is 5.91 Å². The van der Waals surface area contributed by atoms with Crippen LogP contribution in [0.3, 0.4) is 0 Å². The summed E-state index contributed by atoms with van der Waals surface area (Å²) < 4.78 is 18.9. The molecule has 1 aliphatic heterocycles. The summed E-state index contributed by atoms with van der Waals surface area (Å²) in [5.74, 6) is -0.466. The molecule has 0 spiro atoms. The third-order valence-electron chi connectivity index (χ3n) is 4.63. The van der Waals surface area contributed by atoms with Gasteiger partial charge in [0.05, 0.1) is 0 Å². The second kappa shape index (κ2) is 7.64. The molecule has 7 heteroatoms. The molecule has 0 unspecified atom stereocenters. The molecule has 142 valence electrons. The van der Waals surface area contributed by atoms with E-state index in [1.807, 2.05) is 24.3 Å². The second-order valence-electron chi connectivity index (χ2n) is 6.48. The number of hydrogen-bond donors (Lipinski definition) is 0. The van der Waals surface area contributed by atoms with Gasteiger partial charge in [-0.2, -0.15) is 0 Å². The number of hydrogen-bond acceptors (Lipinski definition) is 4. The minimum atomic E-state index is -0.441. The molecule has 0 saturated carbocycles. The molecule has 1 saturated heterocycles. The van der Waals surface area contributed by atoms with Gasteiger partial charge in [0.15, 0.2) is 5.58 Å². The van der Waals surface area contributed by atoms with Crippen LogP contribution in [0.5, 0.6) is 0 Å². The maximum Gasteiger partial charge on any atom is 0.254 e. The van der Waals surface area contributed by atoms with E-state index in [2.05, 4.69) is 4.98 Å². The monoisotopic (exact) mass is 379 g/mol. The fourth-order valence-electron chi connectivity index (χ4n) is 3.14. The molecule has 28 heavy (non-hydrogen) atoms. The third kappa shape index (κ3) is 3.78. The molecule has 3 aromatic rings. The quantitative estimate of drug-likeness (QED) is 0.656. The molecule has 1 aromatic heterocycles. The van der Waals surface area contributed by atoms with Gasteiger partial charge >= 0.3 is 0 Å². The van der Waals surface area contributed by atoms with Crippen LogP contribution in [0.4, 0.5) is 4.39 Å². The lowest BCUT2D eigenvalue weighted by Gasteiger charge is -2.34. The molecule has 1 aliphatic rings. The molecule has 0 N–H and O–H groups in total. The van der Waals surface area contributed by atoms with E-state index in [1.165, 1.54) is 24.3 Å². The minimum Gasteiger partial charge on any atom is -0.437 e. The van der Waals surface area contributed by atoms with Crippen molar-refractivity contribution in [2.45, 2.75) is 0 Å². The fourth-order valence-corrected chi connectivity index (χ4v) is 3.14. The van der Waals surface area contributed by atoms with Crippen molar-refractivity contribution in [3.05, 3.63) is 71.9 Å². The van der Waals surface area contributed by atoms with Gasteiger partial charge < -0.3 is 14.2 Å². The number of oxazole rings is 1. The molecular formula is C21H18FN3O3. The summed E-state index contributed by atoms with van der Waals surface area (Å²) in [6.07, 6.45) is 2.97. The molecule has 0 radical (unpaired) electrons. The van der Waals surface area contributed by atoms with Crippen LogP contribution in [-0.4, -0.2) is 52.8 Å². The molecule has 0 atom stereocenters. The van der Waals surface area contributed by atoms with E-state index in [1.54, 1.807) is 21.9 Å². The first kappa shape index (κ1) is 17.9. The lowest BCUT2D eigenvalue weighted by Crippen LogP contribution is -2.50. The van der Waals surface area contributed by atoms with Gasteiger partial charge in [-0.15, -0.1) is 0 Å². The van der Waals surface area contributed by atoms with Gasteiger partial charge in [0.2, 0.25) is 11.8 Å². The number of benzene rings is 2. The van der Waals surface area contributed by atoms with E-state index in [4.69, 9.17) is 4.42 Å². The molecular weight excluding hydrogens is 361 g/mol. The largest absolute Gasteiger partial charge is 0.437 e. The maximum atomic E-state index is 13.3. The van der Waals surface area contributed by atoms with Gasteiger partial charge in [-0.3, -0.25) is 9.59 Å². The predicted molar refractivity (Wildman–Crippen MR) is 102 cm³/mol. The van der Waals surface area contributed by atoms with Crippen LogP contribution in [0.1, 0.15) is 16.2 Å². The molecule has 2 aromatic carbocycles. The van der Waals surface area contributed by atoms with E-state index < -0.39 is 5.82 Å². The summed E-state index contributed by atoms with van der Waals surface area (Å²) in [5.41, 5.74) is 1.72. The zero-order valence-electron chi connectivity index (χ0n) is 15.0. The highest BCUT2D eigenvalue weighted by Gasteiger charge is 2.24. The Hall–Kier alpha value is -3.48. The van der Waals surface area contributed by atoms with E-state index in [9.17, 15) is 14.0 Å². The number of piperazine rings is 1. The average molecular weight is 379 g/mol. The van der Waals surface area contributed by atoms with Crippen LogP contribution >= 0.6 is 0 Å². The number of carbonyl (C=O) groups is 2. The number of rotatable bonds is 3. The number of halogens is 1. The number of amides is 2. The molecule has 0 aliphatic carbocycles. The van der Waals surface area contributed by atoms with Crippen LogP contribution < -0.4 is 0 Å². The highest BCUT2D eigenvalue weighted by molar-refractivity contribution is 5.95. The topological polar surface area (TPSA) is 66.7 Å². The molecule has 0 bridgehead atoms. The van der Waals surface area contributed by atoms with Gasteiger partial charge in [0.1, 0.15) is 11.3 Å². The Morgan fingerprint density at radius 2 is 1.75 bits per heavy atom. The third-order valence-corrected chi connectivity index (χ3v) is 4.63. The van der Waals surface area contributed by atoms with Gasteiger partial charge in [-0.05, 0) is 30.3 Å². The highest BCUT2D eigenvalue weighted by Crippen LogP contribution is 2.16. The van der Waals surface area contributed by atoms with E-state index in [-0.39, 0.29) is 11.8 Å². The summed E-state index contributed by atoms with van der Waals surface area (Å²) in [6, 6.07) is 13.0. The van der Waals surface area contributed by atoms with Gasteiger partial charge in [-0.25, -0.2) is 9.37 Å². The normalized spacial score (nSPS) is 14.8. The molecule has 6 nitrogen and oxygen atoms in total. The summed E-state index contributed by atoms with van der Waals surface area (Å²) in [7, 11) is 0. The Morgan fingerprint density at radius 1 is 1.00 bits per heavy atom. The molecule has 4 rings (SSSR count). The lowest BCUT2D eigenvalue weighted by molar-refractivity contribution is -0.127. The van der Waals surface area contributed by atoms with Crippen molar-refractivity contribution in [2.24, 2.45) is 0 Å². The van der Waals surface area contributed by atoms with Crippen LogP contribution in [-0.2, 0) is 4.79 Å². The zero-order valence-corrected chi connectivity index (χ0v) is 15.0. The van der Waals surface area contributed by atoms with Crippen molar-refractivity contribution < 1.29 is 18.4 Å². The fraction of sp³-hybridized carbons (Fsp3) is 0.190. The zero-order chi connectivity index (χ0) is 19.5. The standard InChI is InChI=1S/C21H18FN3O3/c22-16-5-3-4-15(14-16)21(27)25-12-10-24(11-13-25)20(26)9-8-19-23-17-6-1-2-7-18(17)28-19/h1-9,14H,10-13H2/b9-8+. The Balaban J connectivity index is 1.35. The van der Waals surface area contributed by atoms with E-state index in [0.29, 0.717) is 43.2 Å². The van der Waals surface area contributed by atoms with Gasteiger partial charge in [-0.1, -0.05) is 18.2 Å². The van der Waals surface area contributed by atoms with Crippen LogP contribution in [0.2, 0.25) is 0 Å². The van der Waals surface area contributed by atoms with Crippen molar-refractivity contribution in [1.82, 2.24) is 14.8 Å². The molecule has 1 fully saturated rings. The Bertz CT molecular complexity index is 1020. The van der Waals surface area contributed by atoms with Crippen molar-refractivity contribution >= 4 is 29.0 Å². The number of para-hydroxylation sites is 2. The SMILES string of the molecule is O=C(/C=C/c1nc2ccccc2o1)N1CCN(C(=O)c2cccc(F)c2)CC1. The predicted octanol–water partition coefficient (Wildman–Crippen LogP) is 2.96. The first-order valence-corrected chi connectivity index (χ1v) is 8.97. The average Bonchev–Trinajstić information content (AvgIpc) is 3.14. The number of nitrogens with zero attached hydrogens (tertiary/aromatic N) is 3. The number of carbonyl (C=O) groups excluding carboxylic acids is 2. The highest BCUT2D eigenvalue weighted by atomic mass is 19.1. The van der Waals surface area contributed by atoms with E-state index in [0.717, 1.165) is 5.52 Å². The van der Waals surface area contributed by atoms with Crippen LogP contribution in [0, 0.1) is 5.82 Å². The van der Waals surface area contributed by atoms with Crippen molar-refractivity contribution in [2.75, 3.05) is 26.2 Å². The molecule has 2 amide bonds. The Morgan fingerprint density at radius 3 is 2.50 bits per heavy atom. The second-order valence-corrected chi connectivity index (χ2v) is 6.48. The Labute approximate surface area is 160 Å². The van der Waals surface area contributed by atoms with E-state index >= 15 is 0 Å². The molecule has 2 heterocycles. The lowest BCUT2D eigenvalue weighted by atomic mass is 10.1. The first-order chi connectivity index (χ1) is 13.6. The summed E-state index contributed by atoms with van der Waals surface area (Å²) in [6.45, 7) is 1.63. The first-order valence-electron chi connectivity index (χ1n) is 8.97. The smallest absolute Gasteiger partial charge is 0.254 e. The Kier molecular flexibility index (Phi) is 4.89. The van der Waals surface area contributed by atoms with Crippen molar-refractivity contribution in [3.63, 3.8) is 0 Å². The summed E-state index contributed by atoms with van der Waals surface area (Å²) in [4.78, 5) is 32.4. The number of aromatic nitrogens is 1. The maximum absolute atomic E-state index is 13.3. The summed E-state index contributed by atoms with van der Waals surface area (Å²) >= 11 is 0. The van der Waals surface area contributed by atoms with Crippen LogP contribution in [0.15, 0.2) is 59.0 Å².